The number of hydrogen-bond donors (Lipinski definition) is 2. The van der Waals surface area contributed by atoms with Crippen molar-refractivity contribution in [2.45, 2.75) is 31.3 Å². The molecule has 1 aliphatic carbocycles. The molecule has 2 aromatic carbocycles. The summed E-state index contributed by atoms with van der Waals surface area (Å²) in [4.78, 5) is 7.27. The molecule has 10 heteroatoms. The summed E-state index contributed by atoms with van der Waals surface area (Å²) in [7, 11) is 0. The van der Waals surface area contributed by atoms with Crippen LogP contribution in [0.4, 0.5) is 21.5 Å². The Labute approximate surface area is 187 Å². The van der Waals surface area contributed by atoms with Crippen LogP contribution in [-0.2, 0) is 0 Å². The molecule has 0 radical (unpaired) electrons. The van der Waals surface area contributed by atoms with Gasteiger partial charge in [-0.1, -0.05) is 34.7 Å². The predicted octanol–water partition coefficient (Wildman–Crippen LogP) is 6.94. The van der Waals surface area contributed by atoms with Gasteiger partial charge in [-0.2, -0.15) is 5.26 Å². The van der Waals surface area contributed by atoms with Crippen LogP contribution in [0.2, 0.25) is 10.0 Å². The Morgan fingerprint density at radius 2 is 2.00 bits per heavy atom. The van der Waals surface area contributed by atoms with Crippen molar-refractivity contribution in [3.05, 3.63) is 68.4 Å². The lowest BCUT2D eigenvalue weighted by molar-refractivity contribution is 0.628. The molecule has 4 rings (SSSR count). The third kappa shape index (κ3) is 4.30. The molecule has 2 N–H and O–H groups in total. The number of nitriles is 1. The highest BCUT2D eigenvalue weighted by Gasteiger charge is 2.26. The van der Waals surface area contributed by atoms with E-state index in [4.69, 9.17) is 28.7 Å². The highest BCUT2D eigenvalue weighted by molar-refractivity contribution is 6.36. The minimum absolute atomic E-state index is 0.0103. The number of nitrogens with zero attached hydrogens (tertiary/aromatic N) is 5. The van der Waals surface area contributed by atoms with Crippen LogP contribution >= 0.6 is 23.2 Å². The molecular weight excluding hydrogens is 440 g/mol. The fraction of sp³-hybridized carbons (Fsp3) is 0.238. The number of azide groups is 1. The summed E-state index contributed by atoms with van der Waals surface area (Å²) in [6, 6.07) is 9.79. The monoisotopic (exact) mass is 455 g/mol. The van der Waals surface area contributed by atoms with Gasteiger partial charge in [0.15, 0.2) is 0 Å². The summed E-state index contributed by atoms with van der Waals surface area (Å²) in [6.45, 7) is 0. The number of anilines is 3. The standard InChI is InChI=1S/C21H16Cl2FN7/c22-15-7-12(4-5-17(15)24)29-20-11(9-25)10-27-21-14(20)6-13(8-16(21)23)28-18-2-1-3-19(18)30-31-26/h4-8,10,18-19,28H,1-3H2,(H,27,29). The number of benzene rings is 2. The van der Waals surface area contributed by atoms with Crippen LogP contribution in [0.25, 0.3) is 21.3 Å². The smallest absolute Gasteiger partial charge is 0.141 e. The van der Waals surface area contributed by atoms with Gasteiger partial charge >= 0.3 is 0 Å². The van der Waals surface area contributed by atoms with Crippen molar-refractivity contribution < 1.29 is 4.39 Å². The zero-order valence-corrected chi connectivity index (χ0v) is 17.6. The van der Waals surface area contributed by atoms with Crippen LogP contribution < -0.4 is 10.6 Å². The van der Waals surface area contributed by atoms with E-state index in [-0.39, 0.29) is 17.1 Å². The molecule has 0 spiro atoms. The molecule has 0 saturated heterocycles. The van der Waals surface area contributed by atoms with Gasteiger partial charge in [0.05, 0.1) is 32.9 Å². The van der Waals surface area contributed by atoms with E-state index in [1.165, 1.54) is 24.4 Å². The number of nitrogens with one attached hydrogen (secondary N) is 2. The molecule has 1 heterocycles. The van der Waals surface area contributed by atoms with Gasteiger partial charge in [-0.15, -0.1) is 0 Å². The lowest BCUT2D eigenvalue weighted by atomic mass is 10.1. The van der Waals surface area contributed by atoms with Crippen LogP contribution in [-0.4, -0.2) is 17.1 Å². The number of pyridine rings is 1. The van der Waals surface area contributed by atoms with Gasteiger partial charge in [0.1, 0.15) is 11.9 Å². The molecule has 2 unspecified atom stereocenters. The Kier molecular flexibility index (Phi) is 6.01. The number of hydrogen-bond acceptors (Lipinski definition) is 5. The minimum atomic E-state index is -0.534. The van der Waals surface area contributed by atoms with Crippen LogP contribution in [0.3, 0.4) is 0 Å². The maximum Gasteiger partial charge on any atom is 0.141 e. The molecule has 0 aliphatic heterocycles. The van der Waals surface area contributed by atoms with Crippen LogP contribution in [0, 0.1) is 17.1 Å². The van der Waals surface area contributed by atoms with E-state index in [0.29, 0.717) is 32.9 Å². The molecule has 1 aliphatic rings. The second kappa shape index (κ2) is 8.86. The maximum absolute atomic E-state index is 13.5. The average molecular weight is 456 g/mol. The topological polar surface area (TPSA) is 110 Å². The molecule has 1 aromatic heterocycles. The van der Waals surface area contributed by atoms with E-state index in [9.17, 15) is 9.65 Å². The highest BCUT2D eigenvalue weighted by Crippen LogP contribution is 2.36. The largest absolute Gasteiger partial charge is 0.382 e. The quantitative estimate of drug-likeness (QED) is 0.246. The third-order valence-electron chi connectivity index (χ3n) is 5.27. The first-order valence-corrected chi connectivity index (χ1v) is 10.3. The van der Waals surface area contributed by atoms with Crippen molar-refractivity contribution >= 4 is 51.2 Å². The molecule has 2 atom stereocenters. The number of rotatable bonds is 5. The van der Waals surface area contributed by atoms with Crippen molar-refractivity contribution in [1.82, 2.24) is 4.98 Å². The summed E-state index contributed by atoms with van der Waals surface area (Å²) >= 11 is 12.4. The van der Waals surface area contributed by atoms with Gasteiger partial charge in [0.25, 0.3) is 0 Å². The summed E-state index contributed by atoms with van der Waals surface area (Å²) in [5, 5.41) is 21.0. The van der Waals surface area contributed by atoms with E-state index in [1.807, 2.05) is 6.07 Å². The van der Waals surface area contributed by atoms with Gasteiger partial charge in [-0.25, -0.2) is 4.39 Å². The van der Waals surface area contributed by atoms with E-state index in [2.05, 4.69) is 31.7 Å². The molecular formula is C21H16Cl2FN7. The molecule has 7 nitrogen and oxygen atoms in total. The predicted molar refractivity (Wildman–Crippen MR) is 120 cm³/mol. The lowest BCUT2D eigenvalue weighted by Crippen LogP contribution is -2.26. The van der Waals surface area contributed by atoms with Crippen molar-refractivity contribution in [1.29, 1.82) is 5.26 Å². The second-order valence-corrected chi connectivity index (χ2v) is 8.04. The van der Waals surface area contributed by atoms with E-state index in [0.717, 1.165) is 24.9 Å². The van der Waals surface area contributed by atoms with Crippen molar-refractivity contribution in [2.24, 2.45) is 5.11 Å². The minimum Gasteiger partial charge on any atom is -0.382 e. The molecule has 0 amide bonds. The summed E-state index contributed by atoms with van der Waals surface area (Å²) in [6.07, 6.45) is 4.08. The highest BCUT2D eigenvalue weighted by atomic mass is 35.5. The first-order valence-electron chi connectivity index (χ1n) is 9.55. The number of halogens is 3. The fourth-order valence-corrected chi connectivity index (χ4v) is 4.26. The Morgan fingerprint density at radius 1 is 1.19 bits per heavy atom. The molecule has 31 heavy (non-hydrogen) atoms. The van der Waals surface area contributed by atoms with E-state index >= 15 is 0 Å². The van der Waals surface area contributed by atoms with Crippen molar-refractivity contribution in [3.8, 4) is 6.07 Å². The van der Waals surface area contributed by atoms with Crippen molar-refractivity contribution in [2.75, 3.05) is 10.6 Å². The number of aromatic nitrogens is 1. The molecule has 3 aromatic rings. The zero-order chi connectivity index (χ0) is 22.0. The van der Waals surface area contributed by atoms with Gasteiger partial charge in [-0.3, -0.25) is 4.98 Å². The molecule has 0 bridgehead atoms. The summed E-state index contributed by atoms with van der Waals surface area (Å²) < 4.78 is 13.5. The van der Waals surface area contributed by atoms with Gasteiger partial charge in [-0.05, 0) is 48.7 Å². The Morgan fingerprint density at radius 3 is 2.74 bits per heavy atom. The SMILES string of the molecule is N#Cc1cnc2c(Cl)cc(NC3CCCC3N=[N+]=[N-])cc2c1Nc1ccc(F)c(Cl)c1. The first-order chi connectivity index (χ1) is 15.0. The normalized spacial score (nSPS) is 17.7. The van der Waals surface area contributed by atoms with Crippen LogP contribution in [0.1, 0.15) is 24.8 Å². The third-order valence-corrected chi connectivity index (χ3v) is 5.84. The van der Waals surface area contributed by atoms with Crippen LogP contribution in [0.5, 0.6) is 0 Å². The van der Waals surface area contributed by atoms with E-state index in [1.54, 1.807) is 6.07 Å². The Hall–Kier alpha value is -3.24. The molecule has 1 fully saturated rings. The maximum atomic E-state index is 13.5. The summed E-state index contributed by atoms with van der Waals surface area (Å²) in [5.74, 6) is -0.534. The van der Waals surface area contributed by atoms with E-state index < -0.39 is 5.82 Å². The fourth-order valence-electron chi connectivity index (χ4n) is 3.81. The Balaban J connectivity index is 1.78. The average Bonchev–Trinajstić information content (AvgIpc) is 3.18. The Bertz CT molecular complexity index is 1250. The summed E-state index contributed by atoms with van der Waals surface area (Å²) in [5.41, 5.74) is 11.3. The molecule has 156 valence electrons. The second-order valence-electron chi connectivity index (χ2n) is 7.22. The van der Waals surface area contributed by atoms with Gasteiger partial charge in [0, 0.05) is 33.9 Å². The number of fused-ring (bicyclic) bond motifs is 1. The zero-order valence-electron chi connectivity index (χ0n) is 16.1. The lowest BCUT2D eigenvalue weighted by Gasteiger charge is -2.20. The van der Waals surface area contributed by atoms with Gasteiger partial charge in [0.2, 0.25) is 0 Å². The van der Waals surface area contributed by atoms with Crippen LogP contribution in [0.15, 0.2) is 41.6 Å². The van der Waals surface area contributed by atoms with Gasteiger partial charge < -0.3 is 10.6 Å². The molecule has 1 saturated carbocycles. The van der Waals surface area contributed by atoms with Crippen molar-refractivity contribution in [3.63, 3.8) is 0 Å². The first kappa shape index (κ1) is 21.0.